The molecule has 1 amide bonds. The zero-order chi connectivity index (χ0) is 25.6. The molecule has 0 bridgehead atoms. The lowest BCUT2D eigenvalue weighted by Crippen LogP contribution is -2.33. The molecule has 0 aliphatic heterocycles. The van der Waals surface area contributed by atoms with Crippen LogP contribution in [0, 0.1) is 6.92 Å². The van der Waals surface area contributed by atoms with Crippen molar-refractivity contribution in [2.75, 3.05) is 12.4 Å². The van der Waals surface area contributed by atoms with Crippen molar-refractivity contribution in [1.82, 2.24) is 19.1 Å². The predicted octanol–water partition coefficient (Wildman–Crippen LogP) is 4.95. The van der Waals surface area contributed by atoms with E-state index in [1.165, 1.54) is 52.5 Å². The van der Waals surface area contributed by atoms with E-state index >= 15 is 0 Å². The molecule has 4 aromatic rings. The highest BCUT2D eigenvalue weighted by molar-refractivity contribution is 7.89. The highest BCUT2D eigenvalue weighted by Gasteiger charge is 2.23. The molecule has 5 rings (SSSR count). The average molecular weight is 524 g/mol. The maximum Gasteiger partial charge on any atom is 0.256 e. The number of aryl methyl sites for hydroxylation is 3. The Morgan fingerprint density at radius 1 is 1.08 bits per heavy atom. The van der Waals surface area contributed by atoms with E-state index in [1.54, 1.807) is 29.1 Å². The van der Waals surface area contributed by atoms with Gasteiger partial charge in [0.2, 0.25) is 15.2 Å². The van der Waals surface area contributed by atoms with Crippen molar-refractivity contribution in [3.63, 3.8) is 0 Å². The predicted molar refractivity (Wildman–Crippen MR) is 143 cm³/mol. The molecular weight excluding hydrogens is 494 g/mol. The van der Waals surface area contributed by atoms with Gasteiger partial charge < -0.3 is 5.32 Å². The molecule has 2 heterocycles. The fourth-order valence-corrected chi connectivity index (χ4v) is 6.72. The van der Waals surface area contributed by atoms with E-state index in [0.717, 1.165) is 28.8 Å². The fourth-order valence-electron chi connectivity index (χ4n) is 4.38. The lowest BCUT2D eigenvalue weighted by Gasteiger charge is -2.21. The number of hydrogen-bond acceptors (Lipinski definition) is 6. The van der Waals surface area contributed by atoms with Gasteiger partial charge in [-0.05, 0) is 94.0 Å². The number of hydrogen-bond donors (Lipinski definition) is 1. The molecule has 36 heavy (non-hydrogen) atoms. The van der Waals surface area contributed by atoms with Crippen LogP contribution in [-0.4, -0.2) is 46.5 Å². The number of benzene rings is 2. The van der Waals surface area contributed by atoms with Crippen LogP contribution in [0.1, 0.15) is 53.9 Å². The first-order valence-electron chi connectivity index (χ1n) is 12.0. The molecular formula is C26H29N5O3S2. The van der Waals surface area contributed by atoms with Gasteiger partial charge in [0, 0.05) is 24.7 Å². The van der Waals surface area contributed by atoms with Crippen LogP contribution in [0.4, 0.5) is 5.82 Å². The molecule has 0 saturated heterocycles. The minimum absolute atomic E-state index is 0.147. The monoisotopic (exact) mass is 523 g/mol. The maximum atomic E-state index is 13.0. The number of anilines is 1. The largest absolute Gasteiger partial charge is 0.306 e. The van der Waals surface area contributed by atoms with Crippen molar-refractivity contribution in [2.24, 2.45) is 0 Å². The SMILES string of the molecule is Cc1cc(NC(=O)c2ccc(S(=O)(=O)N(C)C(C)C)cc2)n(-c2nc3cc4c(cc3s2)CCCC4)n1. The van der Waals surface area contributed by atoms with Gasteiger partial charge >= 0.3 is 0 Å². The summed E-state index contributed by atoms with van der Waals surface area (Å²) in [7, 11) is -2.07. The Bertz CT molecular complexity index is 1510. The van der Waals surface area contributed by atoms with Crippen LogP contribution < -0.4 is 5.32 Å². The quantitative estimate of drug-likeness (QED) is 0.386. The fraction of sp³-hybridized carbons (Fsp3) is 0.346. The van der Waals surface area contributed by atoms with Gasteiger partial charge in [-0.1, -0.05) is 11.3 Å². The summed E-state index contributed by atoms with van der Waals surface area (Å²) in [6.07, 6.45) is 4.63. The smallest absolute Gasteiger partial charge is 0.256 e. The normalized spacial score (nSPS) is 13.9. The van der Waals surface area contributed by atoms with E-state index in [2.05, 4.69) is 22.5 Å². The van der Waals surface area contributed by atoms with Gasteiger partial charge in [-0.3, -0.25) is 4.79 Å². The number of sulfonamides is 1. The first-order valence-corrected chi connectivity index (χ1v) is 14.3. The van der Waals surface area contributed by atoms with Gasteiger partial charge in [0.15, 0.2) is 0 Å². The maximum absolute atomic E-state index is 13.0. The molecule has 1 N–H and O–H groups in total. The van der Waals surface area contributed by atoms with Crippen LogP contribution in [-0.2, 0) is 22.9 Å². The van der Waals surface area contributed by atoms with Crippen LogP contribution in [0.3, 0.4) is 0 Å². The summed E-state index contributed by atoms with van der Waals surface area (Å²) in [6, 6.07) is 12.0. The number of carbonyl (C=O) groups excluding carboxylic acids is 1. The molecule has 0 unspecified atom stereocenters. The average Bonchev–Trinajstić information content (AvgIpc) is 3.44. The number of amides is 1. The molecule has 0 spiro atoms. The van der Waals surface area contributed by atoms with Crippen LogP contribution in [0.2, 0.25) is 0 Å². The Morgan fingerprint density at radius 3 is 2.42 bits per heavy atom. The molecule has 0 atom stereocenters. The molecule has 0 saturated carbocycles. The summed E-state index contributed by atoms with van der Waals surface area (Å²) in [5, 5.41) is 8.17. The molecule has 188 valence electrons. The Morgan fingerprint density at radius 2 is 1.75 bits per heavy atom. The summed E-state index contributed by atoms with van der Waals surface area (Å²) < 4.78 is 29.5. The third kappa shape index (κ3) is 4.56. The van der Waals surface area contributed by atoms with E-state index in [4.69, 9.17) is 4.98 Å². The zero-order valence-electron chi connectivity index (χ0n) is 20.8. The number of rotatable bonds is 6. The second-order valence-corrected chi connectivity index (χ2v) is 12.5. The second-order valence-electron chi connectivity index (χ2n) is 9.47. The summed E-state index contributed by atoms with van der Waals surface area (Å²) in [4.78, 5) is 18.0. The molecule has 8 nitrogen and oxygen atoms in total. The highest BCUT2D eigenvalue weighted by atomic mass is 32.2. The van der Waals surface area contributed by atoms with Crippen molar-refractivity contribution < 1.29 is 13.2 Å². The van der Waals surface area contributed by atoms with Gasteiger partial charge in [-0.15, -0.1) is 0 Å². The van der Waals surface area contributed by atoms with Crippen molar-refractivity contribution in [2.45, 2.75) is 57.4 Å². The van der Waals surface area contributed by atoms with E-state index in [-0.39, 0.29) is 16.8 Å². The molecule has 2 aromatic heterocycles. The van der Waals surface area contributed by atoms with Crippen molar-refractivity contribution in [1.29, 1.82) is 0 Å². The number of nitrogens with one attached hydrogen (secondary N) is 1. The number of nitrogens with zero attached hydrogens (tertiary/aromatic N) is 4. The summed E-state index contributed by atoms with van der Waals surface area (Å²) >= 11 is 1.55. The number of thiazole rings is 1. The number of fused-ring (bicyclic) bond motifs is 2. The van der Waals surface area contributed by atoms with Crippen LogP contribution in [0.15, 0.2) is 47.4 Å². The summed E-state index contributed by atoms with van der Waals surface area (Å²) in [6.45, 7) is 5.48. The lowest BCUT2D eigenvalue weighted by atomic mass is 9.92. The first-order chi connectivity index (χ1) is 17.1. The molecule has 2 aromatic carbocycles. The topological polar surface area (TPSA) is 97.2 Å². The molecule has 0 radical (unpaired) electrons. The minimum atomic E-state index is -3.62. The second kappa shape index (κ2) is 9.42. The minimum Gasteiger partial charge on any atom is -0.306 e. The number of carbonyl (C=O) groups is 1. The van der Waals surface area contributed by atoms with Gasteiger partial charge in [0.05, 0.1) is 20.8 Å². The Balaban J connectivity index is 1.40. The van der Waals surface area contributed by atoms with Crippen LogP contribution >= 0.6 is 11.3 Å². The summed E-state index contributed by atoms with van der Waals surface area (Å²) in [5.41, 5.74) is 4.83. The van der Waals surface area contributed by atoms with Crippen molar-refractivity contribution >= 4 is 43.3 Å². The molecule has 0 fully saturated rings. The van der Waals surface area contributed by atoms with E-state index in [1.807, 2.05) is 20.8 Å². The summed E-state index contributed by atoms with van der Waals surface area (Å²) in [5.74, 6) is 0.159. The number of aromatic nitrogens is 3. The van der Waals surface area contributed by atoms with Crippen LogP contribution in [0.5, 0.6) is 0 Å². The Labute approximate surface area is 215 Å². The first kappa shape index (κ1) is 24.6. The molecule has 10 heteroatoms. The Hall–Kier alpha value is -3.08. The van der Waals surface area contributed by atoms with Gasteiger partial charge in [-0.25, -0.2) is 13.4 Å². The van der Waals surface area contributed by atoms with E-state index in [0.29, 0.717) is 16.5 Å². The highest BCUT2D eigenvalue weighted by Crippen LogP contribution is 2.32. The van der Waals surface area contributed by atoms with Crippen molar-refractivity contribution in [3.05, 3.63) is 64.8 Å². The zero-order valence-corrected chi connectivity index (χ0v) is 22.4. The molecule has 1 aliphatic rings. The Kier molecular flexibility index (Phi) is 6.44. The third-order valence-electron chi connectivity index (χ3n) is 6.62. The van der Waals surface area contributed by atoms with Gasteiger partial charge in [-0.2, -0.15) is 14.1 Å². The van der Waals surface area contributed by atoms with E-state index in [9.17, 15) is 13.2 Å². The van der Waals surface area contributed by atoms with E-state index < -0.39 is 10.0 Å². The standard InChI is InChI=1S/C26H29N5O3S2/c1-16(2)30(4)36(33,34)21-11-9-18(10-12-21)25(32)28-24-13-17(3)29-31(24)26-27-22-14-19-7-5-6-8-20(19)15-23(22)35-26/h9-16H,5-8H2,1-4H3,(H,28,32). The lowest BCUT2D eigenvalue weighted by molar-refractivity contribution is 0.102. The van der Waals surface area contributed by atoms with Crippen LogP contribution in [0.25, 0.3) is 15.3 Å². The van der Waals surface area contributed by atoms with Crippen molar-refractivity contribution in [3.8, 4) is 5.13 Å². The third-order valence-corrected chi connectivity index (χ3v) is 9.66. The van der Waals surface area contributed by atoms with Gasteiger partial charge in [0.1, 0.15) is 5.82 Å². The van der Waals surface area contributed by atoms with Gasteiger partial charge in [0.25, 0.3) is 5.91 Å². The molecule has 1 aliphatic carbocycles.